The molecule has 0 radical (unpaired) electrons. The van der Waals surface area contributed by atoms with Crippen molar-refractivity contribution in [3.8, 4) is 0 Å². The third-order valence-corrected chi connectivity index (χ3v) is 5.18. The van der Waals surface area contributed by atoms with Gasteiger partial charge >= 0.3 is 0 Å². The molecule has 1 heterocycles. The molecule has 4 nitrogen and oxygen atoms in total. The van der Waals surface area contributed by atoms with Crippen LogP contribution in [0.25, 0.3) is 0 Å². The maximum atomic E-state index is 12.2. The molecule has 0 saturated carbocycles. The summed E-state index contributed by atoms with van der Waals surface area (Å²) in [5, 5.41) is -0.0684. The Morgan fingerprint density at radius 3 is 2.63 bits per heavy atom. The van der Waals surface area contributed by atoms with Crippen molar-refractivity contribution in [3.05, 3.63) is 50.6 Å². The summed E-state index contributed by atoms with van der Waals surface area (Å²) in [6.45, 7) is 0. The van der Waals surface area contributed by atoms with E-state index in [-0.39, 0.29) is 10.0 Å². The maximum Gasteiger partial charge on any atom is 0.265 e. The Bertz CT molecular complexity index is 722. The Morgan fingerprint density at radius 2 is 1.95 bits per heavy atom. The molecule has 0 aliphatic carbocycles. The lowest BCUT2D eigenvalue weighted by molar-refractivity contribution is 0.601. The van der Waals surface area contributed by atoms with Gasteiger partial charge in [0.1, 0.15) is 10.0 Å². The van der Waals surface area contributed by atoms with E-state index in [0.717, 1.165) is 4.47 Å². The Hall–Kier alpha value is -0.630. The van der Waals surface area contributed by atoms with Crippen molar-refractivity contribution in [2.45, 2.75) is 4.90 Å². The molecule has 0 saturated heterocycles. The molecule has 0 atom stereocenters. The summed E-state index contributed by atoms with van der Waals surface area (Å²) >= 11 is 12.4. The zero-order valence-corrected chi connectivity index (χ0v) is 14.0. The number of anilines is 1. The molecule has 8 heteroatoms. The molecule has 100 valence electrons. The topological polar surface area (TPSA) is 59.1 Å². The molecule has 19 heavy (non-hydrogen) atoms. The summed E-state index contributed by atoms with van der Waals surface area (Å²) in [6, 6.07) is 8.07. The molecule has 0 bridgehead atoms. The average molecular weight is 427 g/mol. The monoisotopic (exact) mass is 424 g/mol. The van der Waals surface area contributed by atoms with Gasteiger partial charge in [0.15, 0.2) is 0 Å². The smallest absolute Gasteiger partial charge is 0.265 e. The van der Waals surface area contributed by atoms with Crippen LogP contribution in [0, 0.1) is 0 Å². The number of benzene rings is 1. The number of halogens is 3. The SMILES string of the molecule is O=S(=O)(Nc1cc(Br)ccc1Br)c1cccnc1Cl. The lowest BCUT2D eigenvalue weighted by Gasteiger charge is -2.10. The number of hydrogen-bond donors (Lipinski definition) is 1. The molecule has 0 spiro atoms. The van der Waals surface area contributed by atoms with Gasteiger partial charge in [-0.2, -0.15) is 0 Å². The highest BCUT2D eigenvalue weighted by atomic mass is 79.9. The fourth-order valence-electron chi connectivity index (χ4n) is 1.35. The van der Waals surface area contributed by atoms with Gasteiger partial charge in [-0.15, -0.1) is 0 Å². The van der Waals surface area contributed by atoms with Crippen LogP contribution in [-0.4, -0.2) is 13.4 Å². The molecule has 2 aromatic rings. The number of hydrogen-bond acceptors (Lipinski definition) is 3. The summed E-state index contributed by atoms with van der Waals surface area (Å²) in [7, 11) is -3.78. The molecule has 1 N–H and O–H groups in total. The van der Waals surface area contributed by atoms with E-state index >= 15 is 0 Å². The van der Waals surface area contributed by atoms with Gasteiger partial charge in [0.05, 0.1) is 5.69 Å². The van der Waals surface area contributed by atoms with E-state index in [1.54, 1.807) is 18.2 Å². The van der Waals surface area contributed by atoms with Gasteiger partial charge < -0.3 is 0 Å². The lowest BCUT2D eigenvalue weighted by Crippen LogP contribution is -2.14. The van der Waals surface area contributed by atoms with Crippen LogP contribution < -0.4 is 4.72 Å². The highest BCUT2D eigenvalue weighted by Crippen LogP contribution is 2.29. The van der Waals surface area contributed by atoms with E-state index in [9.17, 15) is 8.42 Å². The van der Waals surface area contributed by atoms with E-state index < -0.39 is 10.0 Å². The molecule has 0 aliphatic heterocycles. The fourth-order valence-corrected chi connectivity index (χ4v) is 3.71. The molecule has 0 aliphatic rings. The summed E-state index contributed by atoms with van der Waals surface area (Å²) in [5.74, 6) is 0. The predicted octanol–water partition coefficient (Wildman–Crippen LogP) is 4.06. The van der Waals surface area contributed by atoms with E-state index in [1.807, 2.05) is 0 Å². The van der Waals surface area contributed by atoms with Crippen molar-refractivity contribution in [2.75, 3.05) is 4.72 Å². The number of nitrogens with zero attached hydrogens (tertiary/aromatic N) is 1. The first-order chi connectivity index (χ1) is 8.90. The largest absolute Gasteiger partial charge is 0.278 e. The van der Waals surface area contributed by atoms with Gasteiger partial charge in [-0.05, 0) is 46.3 Å². The van der Waals surface area contributed by atoms with E-state index in [1.165, 1.54) is 18.3 Å². The van der Waals surface area contributed by atoms with Crippen molar-refractivity contribution >= 4 is 59.2 Å². The lowest BCUT2D eigenvalue weighted by atomic mass is 10.3. The highest BCUT2D eigenvalue weighted by Gasteiger charge is 2.19. The first-order valence-corrected chi connectivity index (χ1v) is 8.43. The minimum Gasteiger partial charge on any atom is -0.278 e. The zero-order valence-electron chi connectivity index (χ0n) is 9.27. The Labute approximate surface area is 132 Å². The summed E-state index contributed by atoms with van der Waals surface area (Å²) in [5.41, 5.74) is 0.411. The number of aromatic nitrogens is 1. The minimum absolute atomic E-state index is 0.0662. The van der Waals surface area contributed by atoms with Crippen LogP contribution in [0.2, 0.25) is 5.15 Å². The quantitative estimate of drug-likeness (QED) is 0.753. The van der Waals surface area contributed by atoms with Crippen LogP contribution >= 0.6 is 43.5 Å². The molecule has 2 rings (SSSR count). The van der Waals surface area contributed by atoms with Crippen LogP contribution in [0.4, 0.5) is 5.69 Å². The van der Waals surface area contributed by atoms with Gasteiger partial charge in [0.2, 0.25) is 0 Å². The average Bonchev–Trinajstić information content (AvgIpc) is 2.34. The third kappa shape index (κ3) is 3.47. The van der Waals surface area contributed by atoms with Gasteiger partial charge in [0.25, 0.3) is 10.0 Å². The van der Waals surface area contributed by atoms with Crippen molar-refractivity contribution in [2.24, 2.45) is 0 Å². The molecule has 0 fully saturated rings. The maximum absolute atomic E-state index is 12.2. The second kappa shape index (κ2) is 5.78. The second-order valence-electron chi connectivity index (χ2n) is 3.52. The molecule has 0 amide bonds. The van der Waals surface area contributed by atoms with Crippen molar-refractivity contribution in [3.63, 3.8) is 0 Å². The van der Waals surface area contributed by atoms with Crippen LogP contribution in [0.5, 0.6) is 0 Å². The molecular weight excluding hydrogens is 419 g/mol. The fraction of sp³-hybridized carbons (Fsp3) is 0. The minimum atomic E-state index is -3.78. The molecule has 0 unspecified atom stereocenters. The van der Waals surface area contributed by atoms with E-state index in [0.29, 0.717) is 10.2 Å². The Kier molecular flexibility index (Phi) is 4.50. The number of rotatable bonds is 3. The van der Waals surface area contributed by atoms with Gasteiger partial charge in [-0.25, -0.2) is 13.4 Å². The number of sulfonamides is 1. The summed E-state index contributed by atoms with van der Waals surface area (Å²) < 4.78 is 28.3. The van der Waals surface area contributed by atoms with Gasteiger partial charge in [-0.3, -0.25) is 4.72 Å². The summed E-state index contributed by atoms with van der Waals surface area (Å²) in [4.78, 5) is 3.69. The number of pyridine rings is 1. The van der Waals surface area contributed by atoms with Crippen LogP contribution in [0.1, 0.15) is 0 Å². The zero-order chi connectivity index (χ0) is 14.0. The van der Waals surface area contributed by atoms with Crippen LogP contribution in [0.3, 0.4) is 0 Å². The van der Waals surface area contributed by atoms with Gasteiger partial charge in [-0.1, -0.05) is 27.5 Å². The molecule has 1 aromatic heterocycles. The van der Waals surface area contributed by atoms with Crippen LogP contribution in [0.15, 0.2) is 50.4 Å². The van der Waals surface area contributed by atoms with E-state index in [2.05, 4.69) is 41.6 Å². The van der Waals surface area contributed by atoms with E-state index in [4.69, 9.17) is 11.6 Å². The second-order valence-corrected chi connectivity index (χ2v) is 7.30. The Balaban J connectivity index is 2.43. The van der Waals surface area contributed by atoms with Crippen LogP contribution in [-0.2, 0) is 10.0 Å². The first-order valence-electron chi connectivity index (χ1n) is 4.98. The normalized spacial score (nSPS) is 11.3. The van der Waals surface area contributed by atoms with Crippen molar-refractivity contribution in [1.29, 1.82) is 0 Å². The first kappa shape index (κ1) is 14.8. The van der Waals surface area contributed by atoms with Crippen molar-refractivity contribution < 1.29 is 8.42 Å². The summed E-state index contributed by atoms with van der Waals surface area (Å²) in [6.07, 6.45) is 1.43. The number of nitrogens with one attached hydrogen (secondary N) is 1. The third-order valence-electron chi connectivity index (χ3n) is 2.19. The van der Waals surface area contributed by atoms with Crippen molar-refractivity contribution in [1.82, 2.24) is 4.98 Å². The predicted molar refractivity (Wildman–Crippen MR) is 81.9 cm³/mol. The highest BCUT2D eigenvalue weighted by molar-refractivity contribution is 9.11. The molecular formula is C11H7Br2ClN2O2S. The Morgan fingerprint density at radius 1 is 1.21 bits per heavy atom. The standard InChI is InChI=1S/C11H7Br2ClN2O2S/c12-7-3-4-8(13)9(6-7)16-19(17,18)10-2-1-5-15-11(10)14/h1-6,16H. The molecule has 1 aromatic carbocycles. The van der Waals surface area contributed by atoms with Gasteiger partial charge in [0, 0.05) is 15.1 Å².